The van der Waals surface area contributed by atoms with Crippen molar-refractivity contribution in [1.29, 1.82) is 0 Å². The zero-order valence-electron chi connectivity index (χ0n) is 20.7. The molecule has 1 amide bonds. The number of fused-ring (bicyclic) bond motifs is 1. The van der Waals surface area contributed by atoms with E-state index in [0.717, 1.165) is 22.0 Å². The summed E-state index contributed by atoms with van der Waals surface area (Å²) in [6, 6.07) is 11.6. The molecule has 0 saturated heterocycles. The van der Waals surface area contributed by atoms with Gasteiger partial charge < -0.3 is 15.0 Å². The van der Waals surface area contributed by atoms with Crippen LogP contribution in [0.25, 0.3) is 0 Å². The van der Waals surface area contributed by atoms with Crippen LogP contribution < -0.4 is 5.32 Å². The highest BCUT2D eigenvalue weighted by molar-refractivity contribution is 8.16. The molecule has 4 rings (SSSR count). The van der Waals surface area contributed by atoms with Crippen molar-refractivity contribution in [2.24, 2.45) is 4.99 Å². The molecule has 36 heavy (non-hydrogen) atoms. The molecule has 0 spiro atoms. The third kappa shape index (κ3) is 5.60. The zero-order chi connectivity index (χ0) is 25.7. The molecule has 0 radical (unpaired) electrons. The number of rotatable bonds is 9. The lowest BCUT2D eigenvalue weighted by atomic mass is 9.92. The fraction of sp³-hybridized carbons (Fsp3) is 0.286. The topological polar surface area (TPSA) is 83.9 Å². The van der Waals surface area contributed by atoms with Crippen LogP contribution in [-0.2, 0) is 20.9 Å². The van der Waals surface area contributed by atoms with Gasteiger partial charge in [0, 0.05) is 24.6 Å². The zero-order valence-corrected chi connectivity index (χ0v) is 21.5. The van der Waals surface area contributed by atoms with Gasteiger partial charge in [0.15, 0.2) is 5.17 Å². The van der Waals surface area contributed by atoms with Gasteiger partial charge in [0.2, 0.25) is 5.91 Å². The van der Waals surface area contributed by atoms with E-state index in [1.165, 1.54) is 17.3 Å². The summed E-state index contributed by atoms with van der Waals surface area (Å²) in [5.74, 6) is -0.175. The summed E-state index contributed by atoms with van der Waals surface area (Å²) in [5.41, 5.74) is 4.91. The van der Waals surface area contributed by atoms with Gasteiger partial charge in [0.1, 0.15) is 6.61 Å². The smallest absolute Gasteiger partial charge is 0.338 e. The lowest BCUT2D eigenvalue weighted by Crippen LogP contribution is -2.38. The predicted octanol–water partition coefficient (Wildman–Crippen LogP) is 5.22. The van der Waals surface area contributed by atoms with Gasteiger partial charge in [-0.1, -0.05) is 68.6 Å². The maximum atomic E-state index is 13.2. The average Bonchev–Trinajstić information content (AvgIpc) is 3.27. The average molecular weight is 503 g/mol. The number of pyridine rings is 1. The molecule has 1 N–H and O–H groups in total. The lowest BCUT2D eigenvalue weighted by Gasteiger charge is -2.36. The Balaban J connectivity index is 1.62. The van der Waals surface area contributed by atoms with Gasteiger partial charge in [0.25, 0.3) is 0 Å². The van der Waals surface area contributed by atoms with Gasteiger partial charge >= 0.3 is 5.97 Å². The quantitative estimate of drug-likeness (QED) is 0.374. The second-order valence-corrected chi connectivity index (χ2v) is 9.75. The molecule has 0 fully saturated rings. The Bertz CT molecular complexity index is 1230. The second-order valence-electron chi connectivity index (χ2n) is 8.92. The van der Waals surface area contributed by atoms with Crippen molar-refractivity contribution in [2.45, 2.75) is 45.7 Å². The van der Waals surface area contributed by atoms with Crippen LogP contribution in [0.5, 0.6) is 0 Å². The van der Waals surface area contributed by atoms with E-state index in [9.17, 15) is 9.59 Å². The van der Waals surface area contributed by atoms with Crippen molar-refractivity contribution < 1.29 is 14.3 Å². The SMILES string of the molecule is C=CCOC(=O)C1=C(C)N=C2SC=C(CC(=O)NCc3cccnc3)N2[C@H]1c1ccc(C(C)C)cc1. The number of amidine groups is 1. The number of thioether (sulfide) groups is 1. The normalized spacial score (nSPS) is 16.9. The van der Waals surface area contributed by atoms with E-state index in [2.05, 4.69) is 42.9 Å². The lowest BCUT2D eigenvalue weighted by molar-refractivity contribution is -0.138. The first kappa shape index (κ1) is 25.4. The van der Waals surface area contributed by atoms with Crippen LogP contribution in [0.1, 0.15) is 55.8 Å². The Hall–Kier alpha value is -3.65. The third-order valence-electron chi connectivity index (χ3n) is 6.03. The Kier molecular flexibility index (Phi) is 8.05. The Morgan fingerprint density at radius 3 is 2.69 bits per heavy atom. The third-order valence-corrected chi connectivity index (χ3v) is 6.91. The number of aromatic nitrogens is 1. The fourth-order valence-corrected chi connectivity index (χ4v) is 5.12. The highest BCUT2D eigenvalue weighted by atomic mass is 32.2. The van der Waals surface area contributed by atoms with Crippen LogP contribution in [-0.4, -0.2) is 33.5 Å². The maximum absolute atomic E-state index is 13.2. The molecule has 2 aromatic rings. The second kappa shape index (κ2) is 11.4. The molecule has 2 aliphatic rings. The molecular weight excluding hydrogens is 472 g/mol. The summed E-state index contributed by atoms with van der Waals surface area (Å²) in [6.45, 7) is 10.3. The highest BCUT2D eigenvalue weighted by Crippen LogP contribution is 2.45. The summed E-state index contributed by atoms with van der Waals surface area (Å²) in [4.78, 5) is 36.8. The number of ether oxygens (including phenoxy) is 1. The van der Waals surface area contributed by atoms with E-state index in [-0.39, 0.29) is 18.9 Å². The van der Waals surface area contributed by atoms with Crippen molar-refractivity contribution in [3.63, 3.8) is 0 Å². The number of carbonyl (C=O) groups is 2. The van der Waals surface area contributed by atoms with Crippen molar-refractivity contribution in [1.82, 2.24) is 15.2 Å². The van der Waals surface area contributed by atoms with Gasteiger partial charge in [-0.05, 0) is 41.0 Å². The van der Waals surface area contributed by atoms with Crippen LogP contribution in [0, 0.1) is 0 Å². The minimum Gasteiger partial charge on any atom is -0.458 e. The summed E-state index contributed by atoms with van der Waals surface area (Å²) >= 11 is 1.45. The largest absolute Gasteiger partial charge is 0.458 e. The number of allylic oxidation sites excluding steroid dienone is 1. The summed E-state index contributed by atoms with van der Waals surface area (Å²) in [5, 5.41) is 5.63. The first-order valence-electron chi connectivity index (χ1n) is 11.9. The number of nitrogens with one attached hydrogen (secondary N) is 1. The monoisotopic (exact) mass is 502 g/mol. The first-order valence-corrected chi connectivity index (χ1v) is 12.7. The fourth-order valence-electron chi connectivity index (χ4n) is 4.15. The maximum Gasteiger partial charge on any atom is 0.338 e. The van der Waals surface area contributed by atoms with E-state index in [1.54, 1.807) is 18.5 Å². The molecule has 1 aromatic heterocycles. The van der Waals surface area contributed by atoms with Crippen LogP contribution >= 0.6 is 11.8 Å². The number of aliphatic imine (C=N–C) groups is 1. The van der Waals surface area contributed by atoms with Gasteiger partial charge in [-0.3, -0.25) is 9.78 Å². The van der Waals surface area contributed by atoms with E-state index >= 15 is 0 Å². The van der Waals surface area contributed by atoms with Crippen molar-refractivity contribution in [2.75, 3.05) is 6.61 Å². The molecule has 0 bridgehead atoms. The molecular formula is C28H30N4O3S. The molecule has 0 unspecified atom stereocenters. The standard InChI is InChI=1S/C28H30N4O3S/c1-5-13-35-27(34)25-19(4)31-28-32(26(25)22-10-8-21(9-11-22)18(2)3)23(17-36-28)14-24(33)30-16-20-7-6-12-29-15-20/h5-12,15,17-18,26H,1,13-14,16H2,2-4H3,(H,30,33)/t26-/m0/s1. The number of amides is 1. The molecule has 8 heteroatoms. The molecule has 2 aliphatic heterocycles. The first-order chi connectivity index (χ1) is 17.4. The minimum atomic E-state index is -0.455. The molecule has 3 heterocycles. The van der Waals surface area contributed by atoms with Crippen LogP contribution in [0.15, 0.2) is 88.8 Å². The molecule has 0 saturated carbocycles. The van der Waals surface area contributed by atoms with E-state index in [4.69, 9.17) is 9.73 Å². The summed E-state index contributed by atoms with van der Waals surface area (Å²) in [6.07, 6.45) is 5.12. The van der Waals surface area contributed by atoms with Crippen LogP contribution in [0.3, 0.4) is 0 Å². The van der Waals surface area contributed by atoms with Gasteiger partial charge in [-0.2, -0.15) is 0 Å². The van der Waals surface area contributed by atoms with Crippen LogP contribution in [0.4, 0.5) is 0 Å². The molecule has 0 aliphatic carbocycles. The highest BCUT2D eigenvalue weighted by Gasteiger charge is 2.41. The Morgan fingerprint density at radius 1 is 1.25 bits per heavy atom. The molecule has 1 atom stereocenters. The summed E-state index contributed by atoms with van der Waals surface area (Å²) in [7, 11) is 0. The van der Waals surface area contributed by atoms with E-state index in [0.29, 0.717) is 23.7 Å². The number of nitrogens with zero attached hydrogens (tertiary/aromatic N) is 3. The predicted molar refractivity (Wildman–Crippen MR) is 143 cm³/mol. The van der Waals surface area contributed by atoms with Crippen LogP contribution in [0.2, 0.25) is 0 Å². The van der Waals surface area contributed by atoms with E-state index < -0.39 is 12.0 Å². The minimum absolute atomic E-state index is 0.111. The Labute approximate surface area is 216 Å². The van der Waals surface area contributed by atoms with Crippen molar-refractivity contribution in [3.05, 3.63) is 101 Å². The number of hydrogen-bond donors (Lipinski definition) is 1. The molecule has 1 aromatic carbocycles. The molecule has 186 valence electrons. The van der Waals surface area contributed by atoms with Gasteiger partial charge in [-0.15, -0.1) is 0 Å². The number of benzene rings is 1. The Morgan fingerprint density at radius 2 is 2.03 bits per heavy atom. The van der Waals surface area contributed by atoms with Crippen molar-refractivity contribution in [3.8, 4) is 0 Å². The van der Waals surface area contributed by atoms with E-state index in [1.807, 2.05) is 41.5 Å². The number of esters is 1. The number of carbonyl (C=O) groups excluding carboxylic acids is 2. The van der Waals surface area contributed by atoms with Crippen molar-refractivity contribution >= 4 is 28.8 Å². The van der Waals surface area contributed by atoms with Gasteiger partial charge in [0.05, 0.1) is 23.7 Å². The number of hydrogen-bond acceptors (Lipinski definition) is 7. The van der Waals surface area contributed by atoms with Gasteiger partial charge in [-0.25, -0.2) is 9.79 Å². The summed E-state index contributed by atoms with van der Waals surface area (Å²) < 4.78 is 5.44. The molecule has 7 nitrogen and oxygen atoms in total.